The second kappa shape index (κ2) is 7.63. The Kier molecular flexibility index (Phi) is 5.02. The maximum absolute atomic E-state index is 12.8. The van der Waals surface area contributed by atoms with Crippen molar-refractivity contribution >= 4 is 34.8 Å². The van der Waals surface area contributed by atoms with Crippen molar-refractivity contribution in [2.45, 2.75) is 19.3 Å². The minimum absolute atomic E-state index is 0.151. The predicted molar refractivity (Wildman–Crippen MR) is 113 cm³/mol. The van der Waals surface area contributed by atoms with Gasteiger partial charge in [0.2, 0.25) is 5.95 Å². The van der Waals surface area contributed by atoms with E-state index in [4.69, 9.17) is 22.1 Å². The number of para-hydroxylation sites is 1. The van der Waals surface area contributed by atoms with Crippen molar-refractivity contribution in [2.24, 2.45) is 0 Å². The number of rotatable bonds is 5. The lowest BCUT2D eigenvalue weighted by atomic mass is 9.94. The number of nitrogens with one attached hydrogen (secondary N) is 3. The van der Waals surface area contributed by atoms with Crippen molar-refractivity contribution < 1.29 is 9.53 Å². The van der Waals surface area contributed by atoms with Gasteiger partial charge in [-0.05, 0) is 24.6 Å². The molecule has 29 heavy (non-hydrogen) atoms. The average molecular weight is 413 g/mol. The minimum Gasteiger partial charge on any atom is -0.493 e. The van der Waals surface area contributed by atoms with E-state index in [1.807, 2.05) is 12.1 Å². The molecule has 3 heterocycles. The first-order valence-corrected chi connectivity index (χ1v) is 9.63. The number of ether oxygens (including phenoxy) is 1. The molecule has 1 aliphatic rings. The molecule has 1 atom stereocenters. The quantitative estimate of drug-likeness (QED) is 0.507. The Morgan fingerprint density at radius 1 is 1.38 bits per heavy atom. The molecule has 0 aliphatic carbocycles. The largest absolute Gasteiger partial charge is 0.493 e. The van der Waals surface area contributed by atoms with Gasteiger partial charge in [-0.1, -0.05) is 24.6 Å². The van der Waals surface area contributed by atoms with Gasteiger partial charge in [-0.15, -0.1) is 0 Å². The van der Waals surface area contributed by atoms with E-state index in [1.54, 1.807) is 25.4 Å². The van der Waals surface area contributed by atoms with Crippen molar-refractivity contribution in [3.8, 4) is 17.1 Å². The molecule has 4 rings (SSSR count). The summed E-state index contributed by atoms with van der Waals surface area (Å²) in [6.45, 7) is 2.66. The number of carbonyl (C=O) groups is 1. The highest BCUT2D eigenvalue weighted by Gasteiger charge is 2.32. The maximum atomic E-state index is 12.8. The molecule has 8 nitrogen and oxygen atoms in total. The zero-order chi connectivity index (χ0) is 20.5. The maximum Gasteiger partial charge on any atom is 0.255 e. The fourth-order valence-electron chi connectivity index (χ4n) is 3.60. The van der Waals surface area contributed by atoms with Crippen LogP contribution in [0.4, 0.5) is 17.3 Å². The van der Waals surface area contributed by atoms with Gasteiger partial charge in [-0.3, -0.25) is 4.79 Å². The molecule has 3 aromatic rings. The lowest BCUT2D eigenvalue weighted by Gasteiger charge is -2.22. The predicted octanol–water partition coefficient (Wildman–Crippen LogP) is 3.70. The first-order valence-electron chi connectivity index (χ1n) is 9.26. The molecule has 150 valence electrons. The average Bonchev–Trinajstić information content (AvgIpc) is 3.09. The van der Waals surface area contributed by atoms with E-state index in [-0.39, 0.29) is 17.8 Å². The summed E-state index contributed by atoms with van der Waals surface area (Å²) in [5.74, 6) is 0.647. The SMILES string of the molecule is CC[C@H]1CNC(=O)c2c1[nH]c(-c1ccnc(N)n1)c2Nc1cccc(Cl)c1OC. The molecule has 1 aromatic carbocycles. The van der Waals surface area contributed by atoms with Crippen LogP contribution in [0.2, 0.25) is 5.02 Å². The van der Waals surface area contributed by atoms with Crippen LogP contribution < -0.4 is 21.1 Å². The summed E-state index contributed by atoms with van der Waals surface area (Å²) in [7, 11) is 1.55. The topological polar surface area (TPSA) is 118 Å². The van der Waals surface area contributed by atoms with Crippen molar-refractivity contribution in [3.05, 3.63) is 46.7 Å². The first kappa shape index (κ1) is 19.1. The van der Waals surface area contributed by atoms with Crippen LogP contribution in [-0.2, 0) is 0 Å². The molecule has 0 spiro atoms. The number of H-pyrrole nitrogens is 1. The Morgan fingerprint density at radius 3 is 2.93 bits per heavy atom. The monoisotopic (exact) mass is 412 g/mol. The van der Waals surface area contributed by atoms with E-state index in [0.29, 0.717) is 45.6 Å². The number of amides is 1. The highest BCUT2D eigenvalue weighted by Crippen LogP contribution is 2.42. The number of carbonyl (C=O) groups excluding carboxylic acids is 1. The van der Waals surface area contributed by atoms with Gasteiger partial charge in [0.25, 0.3) is 5.91 Å². The molecule has 0 radical (unpaired) electrons. The van der Waals surface area contributed by atoms with E-state index >= 15 is 0 Å². The van der Waals surface area contributed by atoms with Gasteiger partial charge in [0.1, 0.15) is 0 Å². The number of aromatic nitrogens is 3. The molecular weight excluding hydrogens is 392 g/mol. The van der Waals surface area contributed by atoms with Gasteiger partial charge in [-0.2, -0.15) is 0 Å². The Bertz CT molecular complexity index is 1080. The summed E-state index contributed by atoms with van der Waals surface area (Å²) in [6, 6.07) is 7.13. The van der Waals surface area contributed by atoms with Crippen LogP contribution in [0, 0.1) is 0 Å². The Hall–Kier alpha value is -3.26. The molecule has 0 bridgehead atoms. The minimum atomic E-state index is -0.155. The Balaban J connectivity index is 1.93. The fraction of sp³-hybridized carbons (Fsp3) is 0.250. The molecule has 0 saturated heterocycles. The molecule has 9 heteroatoms. The van der Waals surface area contributed by atoms with Gasteiger partial charge in [0.05, 0.1) is 40.5 Å². The number of nitrogens with zero attached hydrogens (tertiary/aromatic N) is 2. The Morgan fingerprint density at radius 2 is 2.21 bits per heavy atom. The molecule has 0 fully saturated rings. The second-order valence-corrected chi connectivity index (χ2v) is 7.13. The number of nitrogen functional groups attached to an aromatic ring is 1. The summed E-state index contributed by atoms with van der Waals surface area (Å²) >= 11 is 6.28. The lowest BCUT2D eigenvalue weighted by Crippen LogP contribution is -2.34. The smallest absolute Gasteiger partial charge is 0.255 e. The summed E-state index contributed by atoms with van der Waals surface area (Å²) in [5, 5.41) is 6.76. The molecule has 5 N–H and O–H groups in total. The Labute approximate surface area is 172 Å². The van der Waals surface area contributed by atoms with E-state index in [9.17, 15) is 4.79 Å². The van der Waals surface area contributed by atoms with Crippen molar-refractivity contribution in [1.82, 2.24) is 20.3 Å². The molecule has 2 aromatic heterocycles. The third-order valence-electron chi connectivity index (χ3n) is 5.03. The number of benzene rings is 1. The van der Waals surface area contributed by atoms with Crippen LogP contribution in [0.5, 0.6) is 5.75 Å². The van der Waals surface area contributed by atoms with E-state index < -0.39 is 0 Å². The zero-order valence-corrected chi connectivity index (χ0v) is 16.8. The van der Waals surface area contributed by atoms with Crippen LogP contribution >= 0.6 is 11.6 Å². The summed E-state index contributed by atoms with van der Waals surface area (Å²) in [4.78, 5) is 24.5. The van der Waals surface area contributed by atoms with Gasteiger partial charge in [-0.25, -0.2) is 9.97 Å². The van der Waals surface area contributed by atoms with Crippen molar-refractivity contribution in [3.63, 3.8) is 0 Å². The van der Waals surface area contributed by atoms with Crippen LogP contribution in [-0.4, -0.2) is 34.5 Å². The molecular formula is C20H21ClN6O2. The van der Waals surface area contributed by atoms with Gasteiger partial charge in [0.15, 0.2) is 5.75 Å². The number of fused-ring (bicyclic) bond motifs is 1. The van der Waals surface area contributed by atoms with E-state index in [0.717, 1.165) is 12.1 Å². The molecule has 1 aliphatic heterocycles. The third kappa shape index (κ3) is 3.36. The third-order valence-corrected chi connectivity index (χ3v) is 5.32. The van der Waals surface area contributed by atoms with E-state index in [1.165, 1.54) is 0 Å². The highest BCUT2D eigenvalue weighted by atomic mass is 35.5. The van der Waals surface area contributed by atoms with Crippen LogP contribution in [0.15, 0.2) is 30.5 Å². The standard InChI is InChI=1S/C20H21ClN6O2/c1-3-10-9-24-19(28)14-15(10)27-16(12-7-8-23-20(22)26-12)17(14)25-13-6-4-5-11(21)18(13)29-2/h4-8,10,25,27H,3,9H2,1-2H3,(H,24,28)(H2,22,23,26)/t10-/m0/s1. The van der Waals surface area contributed by atoms with Gasteiger partial charge >= 0.3 is 0 Å². The summed E-state index contributed by atoms with van der Waals surface area (Å²) in [6.07, 6.45) is 2.46. The van der Waals surface area contributed by atoms with E-state index in [2.05, 4.69) is 32.5 Å². The molecule has 0 saturated carbocycles. The number of anilines is 3. The summed E-state index contributed by atoms with van der Waals surface area (Å²) < 4.78 is 5.45. The van der Waals surface area contributed by atoms with Gasteiger partial charge in [0, 0.05) is 24.4 Å². The number of hydrogen-bond acceptors (Lipinski definition) is 6. The number of methoxy groups -OCH3 is 1. The second-order valence-electron chi connectivity index (χ2n) is 6.72. The first-order chi connectivity index (χ1) is 14.0. The van der Waals surface area contributed by atoms with Gasteiger partial charge < -0.3 is 26.1 Å². The molecule has 0 unspecified atom stereocenters. The molecule has 1 amide bonds. The van der Waals surface area contributed by atoms with Crippen LogP contribution in [0.1, 0.15) is 35.3 Å². The highest BCUT2D eigenvalue weighted by molar-refractivity contribution is 6.32. The lowest BCUT2D eigenvalue weighted by molar-refractivity contribution is 0.0940. The number of hydrogen-bond donors (Lipinski definition) is 4. The van der Waals surface area contributed by atoms with Crippen molar-refractivity contribution in [2.75, 3.05) is 24.7 Å². The normalized spacial score (nSPS) is 15.6. The van der Waals surface area contributed by atoms with Crippen LogP contribution in [0.3, 0.4) is 0 Å². The zero-order valence-electron chi connectivity index (χ0n) is 16.0. The summed E-state index contributed by atoms with van der Waals surface area (Å²) in [5.41, 5.74) is 9.68. The van der Waals surface area contributed by atoms with Crippen LogP contribution in [0.25, 0.3) is 11.4 Å². The van der Waals surface area contributed by atoms with Crippen molar-refractivity contribution in [1.29, 1.82) is 0 Å². The fourth-order valence-corrected chi connectivity index (χ4v) is 3.85. The number of nitrogens with two attached hydrogens (primary N) is 1. The number of halogens is 1. The number of aromatic amines is 1.